The zero-order valence-corrected chi connectivity index (χ0v) is 14.6. The molecule has 2 aromatic rings. The molecule has 6 heteroatoms. The third kappa shape index (κ3) is 5.00. The summed E-state index contributed by atoms with van der Waals surface area (Å²) in [6.45, 7) is 1.78. The SMILES string of the molecule is COc1cc(/C=C/C(=O)Nc2cccc(Cl)c2C)ccc1OCC#N. The van der Waals surface area contributed by atoms with Gasteiger partial charge < -0.3 is 14.8 Å². The average Bonchev–Trinajstić information content (AvgIpc) is 2.62. The molecule has 0 aliphatic rings. The van der Waals surface area contributed by atoms with E-state index in [0.717, 1.165) is 11.1 Å². The summed E-state index contributed by atoms with van der Waals surface area (Å²) in [4.78, 5) is 12.1. The molecule has 0 radical (unpaired) electrons. The van der Waals surface area contributed by atoms with Gasteiger partial charge in [-0.25, -0.2) is 0 Å². The fourth-order valence-corrected chi connectivity index (χ4v) is 2.28. The van der Waals surface area contributed by atoms with Crippen molar-refractivity contribution in [2.75, 3.05) is 19.0 Å². The maximum absolute atomic E-state index is 12.1. The summed E-state index contributed by atoms with van der Waals surface area (Å²) in [7, 11) is 1.51. The molecule has 0 atom stereocenters. The molecule has 0 saturated heterocycles. The van der Waals surface area contributed by atoms with Crippen molar-refractivity contribution in [3.63, 3.8) is 0 Å². The van der Waals surface area contributed by atoms with E-state index < -0.39 is 0 Å². The molecule has 25 heavy (non-hydrogen) atoms. The van der Waals surface area contributed by atoms with Gasteiger partial charge in [0.05, 0.1) is 7.11 Å². The second-order valence-corrected chi connectivity index (χ2v) is 5.50. The number of halogens is 1. The third-order valence-corrected chi connectivity index (χ3v) is 3.84. The highest BCUT2D eigenvalue weighted by Gasteiger charge is 2.06. The Morgan fingerprint density at radius 3 is 2.84 bits per heavy atom. The van der Waals surface area contributed by atoms with Crippen LogP contribution in [0.15, 0.2) is 42.5 Å². The highest BCUT2D eigenvalue weighted by Crippen LogP contribution is 2.28. The van der Waals surface area contributed by atoms with E-state index in [4.69, 9.17) is 26.3 Å². The lowest BCUT2D eigenvalue weighted by molar-refractivity contribution is -0.111. The fourth-order valence-electron chi connectivity index (χ4n) is 2.11. The lowest BCUT2D eigenvalue weighted by Crippen LogP contribution is -2.09. The van der Waals surface area contributed by atoms with Gasteiger partial charge in [0.2, 0.25) is 5.91 Å². The molecule has 0 spiro atoms. The molecule has 0 fully saturated rings. The largest absolute Gasteiger partial charge is 0.493 e. The number of ether oxygens (including phenoxy) is 2. The van der Waals surface area contributed by atoms with Gasteiger partial charge in [0.25, 0.3) is 0 Å². The zero-order chi connectivity index (χ0) is 18.2. The first-order chi connectivity index (χ1) is 12.0. The summed E-state index contributed by atoms with van der Waals surface area (Å²) in [5.41, 5.74) is 2.24. The first-order valence-electron chi connectivity index (χ1n) is 7.47. The Hall–Kier alpha value is -2.97. The van der Waals surface area contributed by atoms with Crippen LogP contribution >= 0.6 is 11.6 Å². The number of rotatable bonds is 6. The lowest BCUT2D eigenvalue weighted by Gasteiger charge is -2.09. The summed E-state index contributed by atoms with van der Waals surface area (Å²) >= 11 is 6.04. The van der Waals surface area contributed by atoms with Crippen LogP contribution in [0.5, 0.6) is 11.5 Å². The molecule has 0 heterocycles. The lowest BCUT2D eigenvalue weighted by atomic mass is 10.1. The molecule has 0 aliphatic carbocycles. The van der Waals surface area contributed by atoms with Crippen molar-refractivity contribution in [2.45, 2.75) is 6.92 Å². The molecule has 5 nitrogen and oxygen atoms in total. The first-order valence-corrected chi connectivity index (χ1v) is 7.85. The van der Waals surface area contributed by atoms with Gasteiger partial charge in [0, 0.05) is 16.8 Å². The van der Waals surface area contributed by atoms with Gasteiger partial charge in [-0.3, -0.25) is 4.79 Å². The van der Waals surface area contributed by atoms with Gasteiger partial charge in [-0.05, 0) is 48.4 Å². The van der Waals surface area contributed by atoms with Crippen LogP contribution in [-0.4, -0.2) is 19.6 Å². The molecule has 0 saturated carbocycles. The number of hydrogen-bond acceptors (Lipinski definition) is 4. The highest BCUT2D eigenvalue weighted by molar-refractivity contribution is 6.31. The average molecular weight is 357 g/mol. The van der Waals surface area contributed by atoms with Crippen LogP contribution in [0, 0.1) is 18.3 Å². The van der Waals surface area contributed by atoms with Gasteiger partial charge in [0.1, 0.15) is 6.07 Å². The highest BCUT2D eigenvalue weighted by atomic mass is 35.5. The summed E-state index contributed by atoms with van der Waals surface area (Å²) in [6, 6.07) is 12.4. The van der Waals surface area contributed by atoms with Crippen molar-refractivity contribution in [1.82, 2.24) is 0 Å². The monoisotopic (exact) mass is 356 g/mol. The van der Waals surface area contributed by atoms with Gasteiger partial charge in [-0.2, -0.15) is 5.26 Å². The Kier molecular flexibility index (Phi) is 6.44. The Morgan fingerprint density at radius 2 is 2.12 bits per heavy atom. The van der Waals surface area contributed by atoms with Crippen LogP contribution < -0.4 is 14.8 Å². The van der Waals surface area contributed by atoms with Crippen LogP contribution in [0.1, 0.15) is 11.1 Å². The maximum atomic E-state index is 12.1. The number of hydrogen-bond donors (Lipinski definition) is 1. The topological polar surface area (TPSA) is 71.3 Å². The summed E-state index contributed by atoms with van der Waals surface area (Å²) in [5.74, 6) is 0.692. The zero-order valence-electron chi connectivity index (χ0n) is 13.9. The first kappa shape index (κ1) is 18.4. The number of carbonyl (C=O) groups excluding carboxylic acids is 1. The number of nitrogens with zero attached hydrogens (tertiary/aromatic N) is 1. The van der Waals surface area contributed by atoms with E-state index in [1.54, 1.807) is 42.5 Å². The molecular weight excluding hydrogens is 340 g/mol. The van der Waals surface area contributed by atoms with Crippen molar-refractivity contribution in [3.8, 4) is 17.6 Å². The number of nitrogens with one attached hydrogen (secondary N) is 1. The Labute approximate surface area is 151 Å². The second kappa shape index (κ2) is 8.76. The minimum Gasteiger partial charge on any atom is -0.493 e. The minimum absolute atomic E-state index is 0.0626. The van der Waals surface area contributed by atoms with Crippen LogP contribution in [0.4, 0.5) is 5.69 Å². The number of methoxy groups -OCH3 is 1. The van der Waals surface area contributed by atoms with Crippen LogP contribution in [0.25, 0.3) is 6.08 Å². The standard InChI is InChI=1S/C19H17ClN2O3/c1-13-15(20)4-3-5-16(13)22-19(23)9-7-14-6-8-17(25-11-10-21)18(12-14)24-2/h3-9,12H,11H2,1-2H3,(H,22,23)/b9-7+. The maximum Gasteiger partial charge on any atom is 0.248 e. The van der Waals surface area contributed by atoms with Gasteiger partial charge in [-0.15, -0.1) is 0 Å². The molecule has 0 aromatic heterocycles. The van der Waals surface area contributed by atoms with Gasteiger partial charge >= 0.3 is 0 Å². The van der Waals surface area contributed by atoms with Crippen molar-refractivity contribution < 1.29 is 14.3 Å². The molecule has 1 N–H and O–H groups in total. The van der Waals surface area contributed by atoms with Crippen molar-refractivity contribution in [3.05, 3.63) is 58.6 Å². The Bertz CT molecular complexity index is 841. The third-order valence-electron chi connectivity index (χ3n) is 3.43. The smallest absolute Gasteiger partial charge is 0.248 e. The number of carbonyl (C=O) groups is 1. The molecule has 0 bridgehead atoms. The fraction of sp³-hybridized carbons (Fsp3) is 0.158. The number of nitriles is 1. The normalized spacial score (nSPS) is 10.3. The molecule has 0 unspecified atom stereocenters. The van der Waals surface area contributed by atoms with E-state index in [2.05, 4.69) is 5.32 Å². The van der Waals surface area contributed by atoms with Crippen LogP contribution in [-0.2, 0) is 4.79 Å². The predicted octanol–water partition coefficient (Wildman–Crippen LogP) is 4.21. The van der Waals surface area contributed by atoms with Crippen molar-refractivity contribution in [1.29, 1.82) is 5.26 Å². The Balaban J connectivity index is 2.09. The summed E-state index contributed by atoms with van der Waals surface area (Å²) in [5, 5.41) is 12.0. The van der Waals surface area contributed by atoms with E-state index in [0.29, 0.717) is 22.2 Å². The Morgan fingerprint density at radius 1 is 1.32 bits per heavy atom. The van der Waals surface area contributed by atoms with Crippen molar-refractivity contribution >= 4 is 29.3 Å². The van der Waals surface area contributed by atoms with Gasteiger partial charge in [-0.1, -0.05) is 23.7 Å². The number of benzene rings is 2. The molecule has 128 valence electrons. The van der Waals surface area contributed by atoms with Crippen LogP contribution in [0.3, 0.4) is 0 Å². The van der Waals surface area contributed by atoms with E-state index in [9.17, 15) is 4.79 Å². The quantitative estimate of drug-likeness (QED) is 0.787. The minimum atomic E-state index is -0.269. The van der Waals surface area contributed by atoms with Crippen LogP contribution in [0.2, 0.25) is 5.02 Å². The second-order valence-electron chi connectivity index (χ2n) is 5.09. The number of amides is 1. The molecule has 2 aromatic carbocycles. The summed E-state index contributed by atoms with van der Waals surface area (Å²) < 4.78 is 10.5. The number of anilines is 1. The predicted molar refractivity (Wildman–Crippen MR) is 98.0 cm³/mol. The van der Waals surface area contributed by atoms with E-state index in [-0.39, 0.29) is 12.5 Å². The molecule has 2 rings (SSSR count). The van der Waals surface area contributed by atoms with E-state index >= 15 is 0 Å². The van der Waals surface area contributed by atoms with E-state index in [1.807, 2.05) is 13.0 Å². The van der Waals surface area contributed by atoms with Crippen molar-refractivity contribution in [2.24, 2.45) is 0 Å². The summed E-state index contributed by atoms with van der Waals surface area (Å²) in [6.07, 6.45) is 3.08. The molecule has 0 aliphatic heterocycles. The molecular formula is C19H17ClN2O3. The molecule has 1 amide bonds. The van der Waals surface area contributed by atoms with Gasteiger partial charge in [0.15, 0.2) is 18.1 Å². The van der Waals surface area contributed by atoms with E-state index in [1.165, 1.54) is 13.2 Å².